The molecule has 0 aliphatic carbocycles. The Morgan fingerprint density at radius 2 is 2.18 bits per heavy atom. The molecule has 0 radical (unpaired) electrons. The number of aromatic nitrogens is 1. The fourth-order valence-corrected chi connectivity index (χ4v) is 1.91. The molecule has 0 aliphatic heterocycles. The highest BCUT2D eigenvalue weighted by Crippen LogP contribution is 2.19. The molecular weight excluding hydrogens is 280 g/mol. The third kappa shape index (κ3) is 3.17. The van der Waals surface area contributed by atoms with Crippen molar-refractivity contribution in [1.29, 1.82) is 0 Å². The third-order valence-corrected chi connectivity index (χ3v) is 3.12. The zero-order valence-corrected chi connectivity index (χ0v) is 11.5. The highest BCUT2D eigenvalue weighted by molar-refractivity contribution is 9.10. The molecule has 1 atom stereocenters. The van der Waals surface area contributed by atoms with Crippen LogP contribution >= 0.6 is 15.9 Å². The lowest BCUT2D eigenvalue weighted by molar-refractivity contribution is 0.128. The summed E-state index contributed by atoms with van der Waals surface area (Å²) >= 11 is 3.45. The lowest BCUT2D eigenvalue weighted by Crippen LogP contribution is -2.18. The van der Waals surface area contributed by atoms with E-state index in [0.717, 1.165) is 27.7 Å². The molecule has 2 aromatic rings. The van der Waals surface area contributed by atoms with Crippen molar-refractivity contribution in [2.45, 2.75) is 13.0 Å². The number of hydrogen-bond acceptors (Lipinski definition) is 3. The zero-order valence-electron chi connectivity index (χ0n) is 9.90. The standard InChI is InChI=1S/C13H15BrN2O/c1-9(17-2)8-15-13-6-3-10-7-11(14)4-5-12(10)16-13/h3-7,9H,8H2,1-2H3,(H,15,16). The summed E-state index contributed by atoms with van der Waals surface area (Å²) in [5.41, 5.74) is 0.989. The van der Waals surface area contributed by atoms with Gasteiger partial charge in [-0.15, -0.1) is 0 Å². The maximum absolute atomic E-state index is 5.18. The molecule has 0 saturated heterocycles. The van der Waals surface area contributed by atoms with Gasteiger partial charge in [0.05, 0.1) is 11.6 Å². The van der Waals surface area contributed by atoms with E-state index in [1.165, 1.54) is 0 Å². The number of nitrogens with zero attached hydrogens (tertiary/aromatic N) is 1. The van der Waals surface area contributed by atoms with Crippen molar-refractivity contribution in [2.75, 3.05) is 19.0 Å². The van der Waals surface area contributed by atoms with Crippen molar-refractivity contribution in [2.24, 2.45) is 0 Å². The number of halogens is 1. The van der Waals surface area contributed by atoms with Gasteiger partial charge in [0.1, 0.15) is 5.82 Å². The van der Waals surface area contributed by atoms with Crippen LogP contribution in [0.4, 0.5) is 5.82 Å². The summed E-state index contributed by atoms with van der Waals surface area (Å²) in [7, 11) is 1.71. The van der Waals surface area contributed by atoms with E-state index >= 15 is 0 Å². The molecule has 0 spiro atoms. The molecule has 2 rings (SSSR count). The van der Waals surface area contributed by atoms with Gasteiger partial charge in [-0.3, -0.25) is 0 Å². The van der Waals surface area contributed by atoms with Gasteiger partial charge in [-0.2, -0.15) is 0 Å². The monoisotopic (exact) mass is 294 g/mol. The maximum Gasteiger partial charge on any atom is 0.126 e. The van der Waals surface area contributed by atoms with Crippen LogP contribution < -0.4 is 5.32 Å². The van der Waals surface area contributed by atoms with Crippen LogP contribution in [0, 0.1) is 0 Å². The summed E-state index contributed by atoms with van der Waals surface area (Å²) in [5, 5.41) is 4.38. The summed E-state index contributed by atoms with van der Waals surface area (Å²) in [6, 6.07) is 10.1. The summed E-state index contributed by atoms with van der Waals surface area (Å²) in [6.07, 6.45) is 0.178. The number of pyridine rings is 1. The first kappa shape index (κ1) is 12.3. The molecule has 0 bridgehead atoms. The third-order valence-electron chi connectivity index (χ3n) is 2.62. The molecule has 0 aliphatic rings. The quantitative estimate of drug-likeness (QED) is 0.938. The van der Waals surface area contributed by atoms with Crippen LogP contribution in [0.25, 0.3) is 10.9 Å². The highest BCUT2D eigenvalue weighted by Gasteiger charge is 2.01. The number of methoxy groups -OCH3 is 1. The first-order chi connectivity index (χ1) is 8.19. The second-order valence-corrected chi connectivity index (χ2v) is 4.88. The SMILES string of the molecule is COC(C)CNc1ccc2cc(Br)ccc2n1. The van der Waals surface area contributed by atoms with Crippen LogP contribution in [0.5, 0.6) is 0 Å². The Labute approximate surface area is 109 Å². The molecule has 1 N–H and O–H groups in total. The number of benzene rings is 1. The number of rotatable bonds is 4. The summed E-state index contributed by atoms with van der Waals surface area (Å²) in [5.74, 6) is 0.878. The van der Waals surface area contributed by atoms with Crippen molar-refractivity contribution >= 4 is 32.7 Å². The van der Waals surface area contributed by atoms with E-state index in [0.29, 0.717) is 0 Å². The summed E-state index contributed by atoms with van der Waals surface area (Å²) < 4.78 is 6.25. The van der Waals surface area contributed by atoms with Gasteiger partial charge in [-0.05, 0) is 37.3 Å². The molecular formula is C13H15BrN2O. The average Bonchev–Trinajstić information content (AvgIpc) is 2.35. The molecule has 4 heteroatoms. The summed E-state index contributed by atoms with van der Waals surface area (Å²) in [4.78, 5) is 4.54. The van der Waals surface area contributed by atoms with Crippen molar-refractivity contribution in [3.63, 3.8) is 0 Å². The molecule has 1 aromatic heterocycles. The predicted octanol–water partition coefficient (Wildman–Crippen LogP) is 3.44. The van der Waals surface area contributed by atoms with Gasteiger partial charge in [0, 0.05) is 23.5 Å². The van der Waals surface area contributed by atoms with Crippen molar-refractivity contribution in [3.05, 3.63) is 34.8 Å². The fraction of sp³-hybridized carbons (Fsp3) is 0.308. The first-order valence-corrected chi connectivity index (χ1v) is 6.31. The maximum atomic E-state index is 5.18. The smallest absolute Gasteiger partial charge is 0.126 e. The Bertz CT molecular complexity index is 516. The van der Waals surface area contributed by atoms with Gasteiger partial charge >= 0.3 is 0 Å². The minimum atomic E-state index is 0.178. The number of anilines is 1. The second kappa shape index (κ2) is 5.47. The highest BCUT2D eigenvalue weighted by atomic mass is 79.9. The van der Waals surface area contributed by atoms with Crippen molar-refractivity contribution < 1.29 is 4.74 Å². The van der Waals surface area contributed by atoms with E-state index in [1.807, 2.05) is 25.1 Å². The normalized spacial score (nSPS) is 12.6. The first-order valence-electron chi connectivity index (χ1n) is 5.52. The van der Waals surface area contributed by atoms with Crippen molar-refractivity contribution in [3.8, 4) is 0 Å². The van der Waals surface area contributed by atoms with Crippen molar-refractivity contribution in [1.82, 2.24) is 4.98 Å². The van der Waals surface area contributed by atoms with Gasteiger partial charge < -0.3 is 10.1 Å². The minimum Gasteiger partial charge on any atom is -0.380 e. The Hall–Kier alpha value is -1.13. The molecule has 0 amide bonds. The van der Waals surface area contributed by atoms with Crippen LogP contribution in [0.15, 0.2) is 34.8 Å². The van der Waals surface area contributed by atoms with E-state index in [4.69, 9.17) is 4.74 Å². The molecule has 1 unspecified atom stereocenters. The molecule has 17 heavy (non-hydrogen) atoms. The molecule has 3 nitrogen and oxygen atoms in total. The van der Waals surface area contributed by atoms with Crippen LogP contribution in [0.1, 0.15) is 6.92 Å². The van der Waals surface area contributed by atoms with Gasteiger partial charge in [0.15, 0.2) is 0 Å². The second-order valence-electron chi connectivity index (χ2n) is 3.96. The summed E-state index contributed by atoms with van der Waals surface area (Å²) in [6.45, 7) is 2.77. The lowest BCUT2D eigenvalue weighted by atomic mass is 10.2. The van der Waals surface area contributed by atoms with E-state index in [-0.39, 0.29) is 6.10 Å². The largest absolute Gasteiger partial charge is 0.380 e. The predicted molar refractivity (Wildman–Crippen MR) is 74.4 cm³/mol. The molecule has 1 heterocycles. The van der Waals surface area contributed by atoms with Crippen LogP contribution in [-0.2, 0) is 4.74 Å². The Morgan fingerprint density at radius 3 is 2.94 bits per heavy atom. The molecule has 0 fully saturated rings. The minimum absolute atomic E-state index is 0.178. The van der Waals surface area contributed by atoms with Crippen LogP contribution in [0.2, 0.25) is 0 Å². The molecule has 0 saturated carbocycles. The number of fused-ring (bicyclic) bond motifs is 1. The van der Waals surface area contributed by atoms with Gasteiger partial charge in [0.2, 0.25) is 0 Å². The topological polar surface area (TPSA) is 34.1 Å². The Kier molecular flexibility index (Phi) is 3.97. The van der Waals surface area contributed by atoms with Gasteiger partial charge in [-0.25, -0.2) is 4.98 Å². The average molecular weight is 295 g/mol. The number of nitrogens with one attached hydrogen (secondary N) is 1. The molecule has 1 aromatic carbocycles. The van der Waals surface area contributed by atoms with Crippen LogP contribution in [0.3, 0.4) is 0 Å². The number of ether oxygens (including phenoxy) is 1. The fourth-order valence-electron chi connectivity index (χ4n) is 1.53. The van der Waals surface area contributed by atoms with E-state index in [1.54, 1.807) is 7.11 Å². The lowest BCUT2D eigenvalue weighted by Gasteiger charge is -2.11. The van der Waals surface area contributed by atoms with Crippen LogP contribution in [-0.4, -0.2) is 24.7 Å². The van der Waals surface area contributed by atoms with E-state index < -0.39 is 0 Å². The van der Waals surface area contributed by atoms with E-state index in [2.05, 4.69) is 38.4 Å². The molecule has 90 valence electrons. The van der Waals surface area contributed by atoms with E-state index in [9.17, 15) is 0 Å². The number of hydrogen-bond donors (Lipinski definition) is 1. The van der Waals surface area contributed by atoms with Gasteiger partial charge in [0.25, 0.3) is 0 Å². The zero-order chi connectivity index (χ0) is 12.3. The Balaban J connectivity index is 2.17. The van der Waals surface area contributed by atoms with Gasteiger partial charge in [-0.1, -0.05) is 15.9 Å². The Morgan fingerprint density at radius 1 is 1.35 bits per heavy atom.